The van der Waals surface area contributed by atoms with Gasteiger partial charge in [-0.25, -0.2) is 13.8 Å². The van der Waals surface area contributed by atoms with Crippen molar-refractivity contribution >= 4 is 27.8 Å². The lowest BCUT2D eigenvalue weighted by atomic mass is 10.2. The molecule has 0 radical (unpaired) electrons. The van der Waals surface area contributed by atoms with Gasteiger partial charge in [0.15, 0.2) is 11.5 Å². The Kier molecular flexibility index (Phi) is 6.83. The number of benzene rings is 2. The summed E-state index contributed by atoms with van der Waals surface area (Å²) in [6.07, 6.45) is 2.25. The summed E-state index contributed by atoms with van der Waals surface area (Å²) >= 11 is 0. The zero-order chi connectivity index (χ0) is 20.7. The first-order chi connectivity index (χ1) is 13.3. The quantitative estimate of drug-likeness (QED) is 0.503. The molecule has 0 aliphatic carbocycles. The van der Waals surface area contributed by atoms with Gasteiger partial charge in [-0.05, 0) is 24.3 Å². The molecule has 0 saturated heterocycles. The lowest BCUT2D eigenvalue weighted by Gasteiger charge is -2.22. The van der Waals surface area contributed by atoms with Crippen LogP contribution < -0.4 is 19.2 Å². The first-order valence-corrected chi connectivity index (χ1v) is 9.90. The number of hydrazone groups is 1. The molecule has 0 heterocycles. The van der Waals surface area contributed by atoms with Crippen LogP contribution in [0.2, 0.25) is 0 Å². The number of aromatic hydroxyl groups is 1. The predicted octanol–water partition coefficient (Wildman–Crippen LogP) is 1.33. The van der Waals surface area contributed by atoms with E-state index in [0.717, 1.165) is 10.6 Å². The number of para-hydroxylation sites is 1. The standard InChI is InChI=1S/C18H21N3O6S/c1-26-16-9-8-14(10-17(16)27-2)21(28(3,24)25)12-18(23)20-19-11-13-6-4-5-7-15(13)22/h4-11,22H,12H2,1-3H3,(H,20,23)/b19-11-. The molecule has 0 saturated carbocycles. The molecule has 0 spiro atoms. The first-order valence-electron chi connectivity index (χ1n) is 8.06. The molecule has 2 N–H and O–H groups in total. The zero-order valence-electron chi connectivity index (χ0n) is 15.6. The Bertz CT molecular complexity index is 975. The van der Waals surface area contributed by atoms with Gasteiger partial charge in [-0.2, -0.15) is 5.10 Å². The topological polar surface area (TPSA) is 118 Å². The number of anilines is 1. The van der Waals surface area contributed by atoms with Gasteiger partial charge >= 0.3 is 0 Å². The molecule has 9 nitrogen and oxygen atoms in total. The monoisotopic (exact) mass is 407 g/mol. The van der Waals surface area contributed by atoms with E-state index >= 15 is 0 Å². The second-order valence-electron chi connectivity index (χ2n) is 5.66. The number of phenolic OH excluding ortho intramolecular Hbond substituents is 1. The Labute approximate surface area is 163 Å². The molecule has 0 unspecified atom stereocenters. The van der Waals surface area contributed by atoms with E-state index in [1.165, 1.54) is 38.6 Å². The number of hydrogen-bond acceptors (Lipinski definition) is 7. The minimum atomic E-state index is -3.76. The van der Waals surface area contributed by atoms with Gasteiger partial charge in [0.05, 0.1) is 32.4 Å². The minimum absolute atomic E-state index is 0.00332. The fraction of sp³-hybridized carbons (Fsp3) is 0.222. The highest BCUT2D eigenvalue weighted by atomic mass is 32.2. The molecular formula is C18H21N3O6S. The Morgan fingerprint density at radius 2 is 1.86 bits per heavy atom. The van der Waals surface area contributed by atoms with E-state index in [-0.39, 0.29) is 11.4 Å². The maximum absolute atomic E-state index is 12.2. The fourth-order valence-corrected chi connectivity index (χ4v) is 3.16. The Morgan fingerprint density at radius 1 is 1.18 bits per heavy atom. The molecule has 2 aromatic rings. The molecular weight excluding hydrogens is 386 g/mol. The zero-order valence-corrected chi connectivity index (χ0v) is 16.4. The number of rotatable bonds is 8. The van der Waals surface area contributed by atoms with Gasteiger partial charge in [-0.1, -0.05) is 12.1 Å². The molecule has 2 aromatic carbocycles. The van der Waals surface area contributed by atoms with Crippen molar-refractivity contribution in [3.63, 3.8) is 0 Å². The molecule has 0 atom stereocenters. The lowest BCUT2D eigenvalue weighted by Crippen LogP contribution is -2.39. The maximum atomic E-state index is 12.2. The number of ether oxygens (including phenoxy) is 2. The van der Waals surface area contributed by atoms with E-state index in [1.54, 1.807) is 24.3 Å². The summed E-state index contributed by atoms with van der Waals surface area (Å²) < 4.78 is 35.6. The molecule has 2 rings (SSSR count). The highest BCUT2D eigenvalue weighted by Gasteiger charge is 2.22. The Hall–Kier alpha value is -3.27. The lowest BCUT2D eigenvalue weighted by molar-refractivity contribution is -0.119. The molecule has 10 heteroatoms. The average Bonchev–Trinajstić information content (AvgIpc) is 2.66. The molecule has 150 valence electrons. The Balaban J connectivity index is 2.17. The summed E-state index contributed by atoms with van der Waals surface area (Å²) in [5.74, 6) is 0.0959. The summed E-state index contributed by atoms with van der Waals surface area (Å²) in [6, 6.07) is 10.9. The molecule has 0 fully saturated rings. The summed E-state index contributed by atoms with van der Waals surface area (Å²) in [4.78, 5) is 12.2. The highest BCUT2D eigenvalue weighted by Crippen LogP contribution is 2.32. The van der Waals surface area contributed by atoms with Gasteiger partial charge in [0.2, 0.25) is 10.0 Å². The summed E-state index contributed by atoms with van der Waals surface area (Å²) in [5.41, 5.74) is 2.88. The van der Waals surface area contributed by atoms with Gasteiger partial charge in [0, 0.05) is 11.6 Å². The number of phenols is 1. The largest absolute Gasteiger partial charge is 0.507 e. The average molecular weight is 407 g/mol. The van der Waals surface area contributed by atoms with Crippen molar-refractivity contribution < 1.29 is 27.8 Å². The van der Waals surface area contributed by atoms with Crippen molar-refractivity contribution in [3.8, 4) is 17.2 Å². The van der Waals surface area contributed by atoms with Crippen LogP contribution in [0.1, 0.15) is 5.56 Å². The summed E-state index contributed by atoms with van der Waals surface area (Å²) in [7, 11) is -0.874. The second kappa shape index (κ2) is 9.09. The summed E-state index contributed by atoms with van der Waals surface area (Å²) in [6.45, 7) is -0.494. The normalized spacial score (nSPS) is 11.2. The van der Waals surface area contributed by atoms with Crippen molar-refractivity contribution in [2.45, 2.75) is 0 Å². The summed E-state index contributed by atoms with van der Waals surface area (Å²) in [5, 5.41) is 13.4. The number of nitrogens with one attached hydrogen (secondary N) is 1. The van der Waals surface area contributed by atoms with Crippen LogP contribution in [0.5, 0.6) is 17.2 Å². The van der Waals surface area contributed by atoms with E-state index in [9.17, 15) is 18.3 Å². The van der Waals surface area contributed by atoms with E-state index < -0.39 is 22.5 Å². The highest BCUT2D eigenvalue weighted by molar-refractivity contribution is 7.92. The van der Waals surface area contributed by atoms with Crippen LogP contribution in [0.15, 0.2) is 47.6 Å². The van der Waals surface area contributed by atoms with Gasteiger partial charge < -0.3 is 14.6 Å². The van der Waals surface area contributed by atoms with E-state index in [4.69, 9.17) is 9.47 Å². The predicted molar refractivity (Wildman–Crippen MR) is 106 cm³/mol. The fourth-order valence-electron chi connectivity index (χ4n) is 2.32. The van der Waals surface area contributed by atoms with Crippen LogP contribution in [0.3, 0.4) is 0 Å². The van der Waals surface area contributed by atoms with Gasteiger partial charge in [0.1, 0.15) is 12.3 Å². The second-order valence-corrected chi connectivity index (χ2v) is 7.57. The molecule has 0 aromatic heterocycles. The number of hydrogen-bond donors (Lipinski definition) is 2. The van der Waals surface area contributed by atoms with Crippen LogP contribution >= 0.6 is 0 Å². The third-order valence-corrected chi connectivity index (χ3v) is 4.81. The van der Waals surface area contributed by atoms with Crippen LogP contribution in [0.4, 0.5) is 5.69 Å². The van der Waals surface area contributed by atoms with E-state index in [0.29, 0.717) is 17.1 Å². The number of nitrogens with zero attached hydrogens (tertiary/aromatic N) is 2. The third kappa shape index (κ3) is 5.36. The maximum Gasteiger partial charge on any atom is 0.260 e. The molecule has 1 amide bonds. The van der Waals surface area contributed by atoms with E-state index in [1.807, 2.05) is 0 Å². The van der Waals surface area contributed by atoms with Crippen molar-refractivity contribution in [1.29, 1.82) is 0 Å². The first kappa shape index (κ1) is 21.0. The number of carbonyl (C=O) groups is 1. The van der Waals surface area contributed by atoms with Gasteiger partial charge in [-0.15, -0.1) is 0 Å². The number of sulfonamides is 1. The van der Waals surface area contributed by atoms with Crippen molar-refractivity contribution in [1.82, 2.24) is 5.43 Å². The molecule has 0 aliphatic rings. The Morgan fingerprint density at radius 3 is 2.46 bits per heavy atom. The number of methoxy groups -OCH3 is 2. The number of amides is 1. The smallest absolute Gasteiger partial charge is 0.260 e. The molecule has 28 heavy (non-hydrogen) atoms. The van der Waals surface area contributed by atoms with Crippen molar-refractivity contribution in [2.75, 3.05) is 31.3 Å². The van der Waals surface area contributed by atoms with Crippen molar-refractivity contribution in [2.24, 2.45) is 5.10 Å². The SMILES string of the molecule is COc1ccc(N(CC(=O)N/N=C\c2ccccc2O)S(C)(=O)=O)cc1OC. The van der Waals surface area contributed by atoms with Crippen LogP contribution in [-0.4, -0.2) is 52.7 Å². The minimum Gasteiger partial charge on any atom is -0.507 e. The van der Waals surface area contributed by atoms with E-state index in [2.05, 4.69) is 10.5 Å². The van der Waals surface area contributed by atoms with Crippen molar-refractivity contribution in [3.05, 3.63) is 48.0 Å². The van der Waals surface area contributed by atoms with Crippen LogP contribution in [-0.2, 0) is 14.8 Å². The van der Waals surface area contributed by atoms with Crippen LogP contribution in [0.25, 0.3) is 0 Å². The van der Waals surface area contributed by atoms with Gasteiger partial charge in [0.25, 0.3) is 5.91 Å². The molecule has 0 aliphatic heterocycles. The molecule has 0 bridgehead atoms. The van der Waals surface area contributed by atoms with Gasteiger partial charge in [-0.3, -0.25) is 9.10 Å². The third-order valence-electron chi connectivity index (χ3n) is 3.67. The van der Waals surface area contributed by atoms with Crippen LogP contribution in [0, 0.1) is 0 Å². The number of carbonyl (C=O) groups excluding carboxylic acids is 1.